The fourth-order valence-corrected chi connectivity index (χ4v) is 6.00. The quantitative estimate of drug-likeness (QED) is 0.0657. The second kappa shape index (κ2) is 20.7. The van der Waals surface area contributed by atoms with Gasteiger partial charge in [-0.25, -0.2) is 8.42 Å². The number of hydrogen-bond acceptors (Lipinski definition) is 9. The molecule has 13 heteroatoms. The van der Waals surface area contributed by atoms with E-state index >= 15 is 0 Å². The molecule has 0 saturated carbocycles. The van der Waals surface area contributed by atoms with E-state index in [-0.39, 0.29) is 43.5 Å². The molecule has 260 valence electrons. The van der Waals surface area contributed by atoms with Crippen molar-refractivity contribution in [2.75, 3.05) is 0 Å². The van der Waals surface area contributed by atoms with Crippen molar-refractivity contribution in [1.29, 1.82) is 0 Å². The van der Waals surface area contributed by atoms with Gasteiger partial charge in [-0.05, 0) is 79.3 Å². The molecule has 0 spiro atoms. The second-order valence-electron chi connectivity index (χ2n) is 11.2. The molecule has 0 bridgehead atoms. The van der Waals surface area contributed by atoms with Gasteiger partial charge in [-0.15, -0.1) is 0 Å². The average molecular weight is 739 g/mol. The monoisotopic (exact) mass is 738 g/mol. The number of aryl methyl sites for hydroxylation is 2. The zero-order valence-electron chi connectivity index (χ0n) is 27.8. The standard InChI is InChI=1S/2C18H22O5S.Ca/c2*1-2-3-4-5-8-14-9-6-7-10-17(14)23-15-11-12-18(16(19)13-15)24(20,21)22;/h2*6-7,9-13,19H,2-5,8H2,1H3,(H,20,21,22);/q;;+2/p-2. The summed E-state index contributed by atoms with van der Waals surface area (Å²) in [6.45, 7) is 4.32. The van der Waals surface area contributed by atoms with Crippen LogP contribution in [0.1, 0.15) is 76.3 Å². The van der Waals surface area contributed by atoms with Gasteiger partial charge in [0.25, 0.3) is 10.1 Å². The topological polar surface area (TPSA) is 173 Å². The van der Waals surface area contributed by atoms with Gasteiger partial charge in [0.15, 0.2) is 0 Å². The number of phenols is 1. The number of hydrogen-bond donors (Lipinski definition) is 2. The molecule has 4 aromatic rings. The van der Waals surface area contributed by atoms with Crippen molar-refractivity contribution < 1.29 is 45.6 Å². The van der Waals surface area contributed by atoms with Crippen molar-refractivity contribution in [3.05, 3.63) is 96.1 Å². The smallest absolute Gasteiger partial charge is 0.872 e. The molecule has 4 rings (SSSR count). The van der Waals surface area contributed by atoms with Crippen molar-refractivity contribution in [2.45, 2.75) is 87.8 Å². The second-order valence-corrected chi connectivity index (χ2v) is 13.9. The van der Waals surface area contributed by atoms with Crippen LogP contribution in [0.5, 0.6) is 34.5 Å². The van der Waals surface area contributed by atoms with E-state index < -0.39 is 41.5 Å². The Bertz CT molecular complexity index is 1710. The minimum Gasteiger partial charge on any atom is -0.872 e. The summed E-state index contributed by atoms with van der Waals surface area (Å²) in [5.41, 5.74) is 2.09. The first kappa shape index (κ1) is 42.3. The van der Waals surface area contributed by atoms with Gasteiger partial charge in [0, 0.05) is 11.0 Å². The Labute approximate surface area is 319 Å². The van der Waals surface area contributed by atoms with Gasteiger partial charge in [-0.2, -0.15) is 8.42 Å². The molecule has 0 amide bonds. The molecule has 0 fully saturated rings. The largest absolute Gasteiger partial charge is 2.00 e. The minimum atomic E-state index is -4.77. The van der Waals surface area contributed by atoms with Crippen LogP contribution in [0.4, 0.5) is 0 Å². The Hall–Kier alpha value is -2.84. The molecule has 0 radical (unpaired) electrons. The van der Waals surface area contributed by atoms with Gasteiger partial charge in [0.1, 0.15) is 43.8 Å². The van der Waals surface area contributed by atoms with E-state index in [1.165, 1.54) is 43.9 Å². The van der Waals surface area contributed by atoms with E-state index in [0.717, 1.165) is 67.9 Å². The van der Waals surface area contributed by atoms with E-state index in [0.29, 0.717) is 17.2 Å². The van der Waals surface area contributed by atoms with Crippen LogP contribution >= 0.6 is 0 Å². The molecule has 2 N–H and O–H groups in total. The van der Waals surface area contributed by atoms with Crippen LogP contribution in [0.3, 0.4) is 0 Å². The summed E-state index contributed by atoms with van der Waals surface area (Å²) in [6.07, 6.45) is 10.9. The average Bonchev–Trinajstić information content (AvgIpc) is 3.02. The molecular weight excluding hydrogens is 697 g/mol. The number of unbranched alkanes of at least 4 members (excludes halogenated alkanes) is 6. The summed E-state index contributed by atoms with van der Waals surface area (Å²) in [5, 5.41) is 21.5. The first-order valence-electron chi connectivity index (χ1n) is 15.9. The fraction of sp³-hybridized carbons (Fsp3) is 0.333. The maximum atomic E-state index is 11.7. The van der Waals surface area contributed by atoms with Crippen LogP contribution in [-0.4, -0.2) is 68.8 Å². The maximum absolute atomic E-state index is 11.7. The third-order valence-electron chi connectivity index (χ3n) is 7.39. The molecule has 0 unspecified atom stereocenters. The van der Waals surface area contributed by atoms with Gasteiger partial charge in [-0.1, -0.05) is 94.5 Å². The van der Waals surface area contributed by atoms with Crippen LogP contribution in [0.25, 0.3) is 0 Å². The molecule has 0 saturated heterocycles. The van der Waals surface area contributed by atoms with Gasteiger partial charge in [0.05, 0.1) is 0 Å². The normalized spacial score (nSPS) is 11.2. The van der Waals surface area contributed by atoms with E-state index in [2.05, 4.69) is 13.8 Å². The fourth-order valence-electron chi connectivity index (χ4n) is 4.90. The minimum absolute atomic E-state index is 0. The summed E-state index contributed by atoms with van der Waals surface area (Å²) < 4.78 is 75.6. The molecule has 10 nitrogen and oxygen atoms in total. The van der Waals surface area contributed by atoms with Crippen molar-refractivity contribution >= 4 is 58.0 Å². The van der Waals surface area contributed by atoms with Crippen molar-refractivity contribution in [1.82, 2.24) is 0 Å². The van der Waals surface area contributed by atoms with Crippen LogP contribution in [0.2, 0.25) is 0 Å². The SMILES string of the molecule is CCCCCCc1ccccc1Oc1ccc(S(=O)(=O)O)c(O)c1.CCCCCCc1ccccc1Oc1ccc(S(=O)(=O)[O-])c([O-])c1.[Ca+2]. The van der Waals surface area contributed by atoms with E-state index in [9.17, 15) is 31.6 Å². The molecule has 4 aromatic carbocycles. The van der Waals surface area contributed by atoms with Crippen LogP contribution in [0.15, 0.2) is 94.7 Å². The number of benzene rings is 4. The molecule has 0 aliphatic carbocycles. The summed E-state index contributed by atoms with van der Waals surface area (Å²) in [4.78, 5) is -1.30. The number of ether oxygens (including phenoxy) is 2. The third kappa shape index (κ3) is 14.1. The van der Waals surface area contributed by atoms with Crippen molar-refractivity contribution in [3.8, 4) is 34.5 Å². The molecule has 0 aromatic heterocycles. The number of rotatable bonds is 16. The predicted molar refractivity (Wildman–Crippen MR) is 186 cm³/mol. The van der Waals surface area contributed by atoms with Gasteiger partial charge < -0.3 is 24.2 Å². The Kier molecular flexibility index (Phi) is 17.9. The van der Waals surface area contributed by atoms with E-state index in [1.54, 1.807) is 6.07 Å². The van der Waals surface area contributed by atoms with Crippen molar-refractivity contribution in [3.63, 3.8) is 0 Å². The molecule has 0 atom stereocenters. The maximum Gasteiger partial charge on any atom is 2.00 e. The molecule has 49 heavy (non-hydrogen) atoms. The van der Waals surface area contributed by atoms with Gasteiger partial charge in [0.2, 0.25) is 0 Å². The Balaban J connectivity index is 0.000000333. The first-order chi connectivity index (χ1) is 22.8. The number of aromatic hydroxyl groups is 1. The first-order valence-corrected chi connectivity index (χ1v) is 18.8. The zero-order chi connectivity index (χ0) is 35.2. The summed E-state index contributed by atoms with van der Waals surface area (Å²) in [5.74, 6) is 0.423. The van der Waals surface area contributed by atoms with Crippen molar-refractivity contribution in [2.24, 2.45) is 0 Å². The summed E-state index contributed by atoms with van der Waals surface area (Å²) in [6, 6.07) is 22.2. The predicted octanol–water partition coefficient (Wildman–Crippen LogP) is 7.75. The van der Waals surface area contributed by atoms with E-state index in [4.69, 9.17) is 14.0 Å². The molecular formula is C36H42CaO10S2. The molecule has 0 aliphatic heterocycles. The Morgan fingerprint density at radius 3 is 1.49 bits per heavy atom. The van der Waals surface area contributed by atoms with Crippen LogP contribution < -0.4 is 14.6 Å². The summed E-state index contributed by atoms with van der Waals surface area (Å²) >= 11 is 0. The number of phenolic OH excluding ortho intramolecular Hbond substituents is 1. The number of para-hydroxylation sites is 2. The molecule has 0 aliphatic rings. The third-order valence-corrected chi connectivity index (χ3v) is 9.17. The van der Waals surface area contributed by atoms with E-state index in [1.807, 2.05) is 42.5 Å². The summed E-state index contributed by atoms with van der Waals surface area (Å²) in [7, 11) is -9.22. The van der Waals surface area contributed by atoms with Gasteiger partial charge in [-0.3, -0.25) is 4.55 Å². The zero-order valence-corrected chi connectivity index (χ0v) is 31.7. The van der Waals surface area contributed by atoms with Gasteiger partial charge >= 0.3 is 37.7 Å². The van der Waals surface area contributed by atoms with Crippen LogP contribution in [-0.2, 0) is 33.1 Å². The Morgan fingerprint density at radius 2 is 1.08 bits per heavy atom. The Morgan fingerprint density at radius 1 is 0.633 bits per heavy atom. The molecule has 0 heterocycles. The van der Waals surface area contributed by atoms with Crippen LogP contribution in [0, 0.1) is 0 Å².